The molecule has 100 valence electrons. The molecule has 5 nitrogen and oxygen atoms in total. The van der Waals surface area contributed by atoms with E-state index in [9.17, 15) is 9.59 Å². The highest BCUT2D eigenvalue weighted by Gasteiger charge is 2.12. The lowest BCUT2D eigenvalue weighted by molar-refractivity contribution is -0.139. The lowest BCUT2D eigenvalue weighted by Crippen LogP contribution is -2.13. The summed E-state index contributed by atoms with van der Waals surface area (Å²) < 4.78 is 4.96. The summed E-state index contributed by atoms with van der Waals surface area (Å²) in [7, 11) is 0. The summed E-state index contributed by atoms with van der Waals surface area (Å²) >= 11 is 1.47. The number of rotatable bonds is 3. The number of nitrogens with zero attached hydrogens (tertiary/aromatic N) is 1. The minimum absolute atomic E-state index is 0.0374. The van der Waals surface area contributed by atoms with E-state index in [2.05, 4.69) is 9.97 Å². The Bertz CT molecular complexity index is 712. The molecule has 0 aliphatic heterocycles. The van der Waals surface area contributed by atoms with Gasteiger partial charge in [-0.3, -0.25) is 4.79 Å². The zero-order valence-corrected chi connectivity index (χ0v) is 11.8. The number of aryl methyl sites for hydroxylation is 2. The number of ether oxygens (including phenoxy) is 1. The molecule has 0 radical (unpaired) electrons. The van der Waals surface area contributed by atoms with Gasteiger partial charge in [0, 0.05) is 11.0 Å². The number of esters is 1. The topological polar surface area (TPSA) is 72.0 Å². The quantitative estimate of drug-likeness (QED) is 0.690. The summed E-state index contributed by atoms with van der Waals surface area (Å²) in [6, 6.07) is 0. The second kappa shape index (κ2) is 5.36. The predicted octanol–water partition coefficient (Wildman–Crippen LogP) is 2.22. The Kier molecular flexibility index (Phi) is 3.80. The summed E-state index contributed by atoms with van der Waals surface area (Å²) in [5.74, 6) is -0.0969. The predicted molar refractivity (Wildman–Crippen MR) is 74.3 cm³/mol. The zero-order chi connectivity index (χ0) is 14.0. The highest BCUT2D eigenvalue weighted by Crippen LogP contribution is 2.25. The van der Waals surface area contributed by atoms with Crippen LogP contribution in [0, 0.1) is 13.8 Å². The Hall–Kier alpha value is -1.95. The van der Waals surface area contributed by atoms with Crippen LogP contribution >= 0.6 is 11.3 Å². The fourth-order valence-electron chi connectivity index (χ4n) is 1.69. The van der Waals surface area contributed by atoms with Crippen molar-refractivity contribution in [3.8, 4) is 0 Å². The molecule has 0 atom stereocenters. The first-order valence-corrected chi connectivity index (χ1v) is 6.63. The number of carbonyl (C=O) groups is 1. The van der Waals surface area contributed by atoms with E-state index in [-0.39, 0.29) is 12.2 Å². The average molecular weight is 278 g/mol. The van der Waals surface area contributed by atoms with Crippen molar-refractivity contribution in [2.24, 2.45) is 0 Å². The number of thiophene rings is 1. The van der Waals surface area contributed by atoms with Crippen LogP contribution in [0.25, 0.3) is 10.2 Å². The Labute approximate surface area is 113 Å². The standard InChI is InChI=1S/C13H14N2O3S/c1-4-5-10(16)18-6-9-14-12(17)11-7(2)8(3)19-13(11)15-9/h4-5H,6H2,1-3H3,(H,14,15,17)/b5-4+. The summed E-state index contributed by atoms with van der Waals surface area (Å²) in [5.41, 5.74) is 0.759. The second-order valence-electron chi connectivity index (χ2n) is 4.08. The van der Waals surface area contributed by atoms with Gasteiger partial charge in [-0.15, -0.1) is 11.3 Å². The van der Waals surface area contributed by atoms with Gasteiger partial charge in [0.25, 0.3) is 5.56 Å². The third-order valence-corrected chi connectivity index (χ3v) is 3.84. The molecule has 0 aliphatic rings. The molecule has 0 amide bonds. The maximum Gasteiger partial charge on any atom is 0.330 e. The van der Waals surface area contributed by atoms with E-state index in [4.69, 9.17) is 4.74 Å². The lowest BCUT2D eigenvalue weighted by Gasteiger charge is -2.01. The molecule has 0 fully saturated rings. The van der Waals surface area contributed by atoms with Crippen molar-refractivity contribution in [2.45, 2.75) is 27.4 Å². The third-order valence-electron chi connectivity index (χ3n) is 2.74. The van der Waals surface area contributed by atoms with E-state index in [0.717, 1.165) is 10.4 Å². The van der Waals surface area contributed by atoms with E-state index in [1.165, 1.54) is 17.4 Å². The SMILES string of the molecule is C/C=C/C(=O)OCc1nc2sc(C)c(C)c2c(=O)[nH]1. The van der Waals surface area contributed by atoms with E-state index >= 15 is 0 Å². The van der Waals surface area contributed by atoms with Crippen molar-refractivity contribution in [2.75, 3.05) is 0 Å². The second-order valence-corrected chi connectivity index (χ2v) is 5.29. The molecule has 0 saturated carbocycles. The maximum absolute atomic E-state index is 12.0. The summed E-state index contributed by atoms with van der Waals surface area (Å²) in [6.07, 6.45) is 2.91. The molecular formula is C13H14N2O3S. The lowest BCUT2D eigenvalue weighted by atomic mass is 10.2. The molecule has 6 heteroatoms. The molecule has 2 aromatic heterocycles. The molecular weight excluding hydrogens is 264 g/mol. The van der Waals surface area contributed by atoms with Crippen molar-refractivity contribution < 1.29 is 9.53 Å². The minimum Gasteiger partial charge on any atom is -0.454 e. The number of aromatic nitrogens is 2. The molecule has 0 unspecified atom stereocenters. The van der Waals surface area contributed by atoms with Crippen LogP contribution in [-0.2, 0) is 16.1 Å². The Morgan fingerprint density at radius 3 is 2.89 bits per heavy atom. The number of allylic oxidation sites excluding steroid dienone is 1. The number of aromatic amines is 1. The summed E-state index contributed by atoms with van der Waals surface area (Å²) in [5, 5.41) is 0.617. The van der Waals surface area contributed by atoms with Crippen molar-refractivity contribution in [1.29, 1.82) is 0 Å². The molecule has 1 N–H and O–H groups in total. The monoisotopic (exact) mass is 278 g/mol. The number of hydrogen-bond donors (Lipinski definition) is 1. The van der Waals surface area contributed by atoms with E-state index < -0.39 is 5.97 Å². The van der Waals surface area contributed by atoms with Gasteiger partial charge in [-0.2, -0.15) is 0 Å². The van der Waals surface area contributed by atoms with Crippen LogP contribution in [0.2, 0.25) is 0 Å². The molecule has 0 spiro atoms. The molecule has 19 heavy (non-hydrogen) atoms. The van der Waals surface area contributed by atoms with Crippen molar-refractivity contribution in [3.05, 3.63) is 38.8 Å². The van der Waals surface area contributed by atoms with Gasteiger partial charge in [0.2, 0.25) is 0 Å². The zero-order valence-electron chi connectivity index (χ0n) is 10.9. The largest absolute Gasteiger partial charge is 0.454 e. The third kappa shape index (κ3) is 2.73. The van der Waals surface area contributed by atoms with Gasteiger partial charge < -0.3 is 9.72 Å². The van der Waals surface area contributed by atoms with Crippen molar-refractivity contribution in [3.63, 3.8) is 0 Å². The van der Waals surface area contributed by atoms with Crippen LogP contribution in [0.4, 0.5) is 0 Å². The Morgan fingerprint density at radius 2 is 2.21 bits per heavy atom. The molecule has 0 bridgehead atoms. The van der Waals surface area contributed by atoms with E-state index in [1.54, 1.807) is 13.0 Å². The minimum atomic E-state index is -0.455. The molecule has 0 aliphatic carbocycles. The summed E-state index contributed by atoms with van der Waals surface area (Å²) in [4.78, 5) is 31.9. The van der Waals surface area contributed by atoms with Crippen LogP contribution in [-0.4, -0.2) is 15.9 Å². The molecule has 0 saturated heterocycles. The smallest absolute Gasteiger partial charge is 0.330 e. The molecule has 0 aromatic carbocycles. The fourth-order valence-corrected chi connectivity index (χ4v) is 2.74. The number of carbonyl (C=O) groups excluding carboxylic acids is 1. The molecule has 2 aromatic rings. The van der Waals surface area contributed by atoms with Crippen LogP contribution < -0.4 is 5.56 Å². The Morgan fingerprint density at radius 1 is 1.47 bits per heavy atom. The van der Waals surface area contributed by atoms with Crippen LogP contribution in [0.5, 0.6) is 0 Å². The van der Waals surface area contributed by atoms with Gasteiger partial charge in [-0.1, -0.05) is 6.08 Å². The van der Waals surface area contributed by atoms with E-state index in [0.29, 0.717) is 16.0 Å². The number of hydrogen-bond acceptors (Lipinski definition) is 5. The van der Waals surface area contributed by atoms with Gasteiger partial charge in [0.05, 0.1) is 5.39 Å². The normalized spacial score (nSPS) is 11.3. The van der Waals surface area contributed by atoms with Crippen LogP contribution in [0.15, 0.2) is 16.9 Å². The van der Waals surface area contributed by atoms with Crippen LogP contribution in [0.1, 0.15) is 23.2 Å². The molecule has 2 heterocycles. The van der Waals surface area contributed by atoms with Gasteiger partial charge >= 0.3 is 5.97 Å². The first kappa shape index (κ1) is 13.5. The van der Waals surface area contributed by atoms with Gasteiger partial charge in [0.1, 0.15) is 17.3 Å². The first-order chi connectivity index (χ1) is 9.02. The van der Waals surface area contributed by atoms with Gasteiger partial charge in [0.15, 0.2) is 0 Å². The highest BCUT2D eigenvalue weighted by atomic mass is 32.1. The van der Waals surface area contributed by atoms with Crippen molar-refractivity contribution in [1.82, 2.24) is 9.97 Å². The van der Waals surface area contributed by atoms with Gasteiger partial charge in [-0.25, -0.2) is 9.78 Å². The number of fused-ring (bicyclic) bond motifs is 1. The van der Waals surface area contributed by atoms with Crippen LogP contribution in [0.3, 0.4) is 0 Å². The maximum atomic E-state index is 12.0. The summed E-state index contributed by atoms with van der Waals surface area (Å²) in [6.45, 7) is 5.54. The average Bonchev–Trinajstić information content (AvgIpc) is 2.63. The fraction of sp³-hybridized carbons (Fsp3) is 0.308. The Balaban J connectivity index is 2.31. The van der Waals surface area contributed by atoms with E-state index in [1.807, 2.05) is 13.8 Å². The first-order valence-electron chi connectivity index (χ1n) is 5.81. The van der Waals surface area contributed by atoms with Gasteiger partial charge in [-0.05, 0) is 26.3 Å². The number of H-pyrrole nitrogens is 1. The molecule has 2 rings (SSSR count). The van der Waals surface area contributed by atoms with Crippen molar-refractivity contribution >= 4 is 27.5 Å². The highest BCUT2D eigenvalue weighted by molar-refractivity contribution is 7.18. The number of nitrogens with one attached hydrogen (secondary N) is 1.